The van der Waals surface area contributed by atoms with Crippen molar-refractivity contribution in [2.45, 2.75) is 31.8 Å². The molecule has 76 valence electrons. The Hall–Kier alpha value is -0.890. The summed E-state index contributed by atoms with van der Waals surface area (Å²) in [4.78, 5) is 0. The van der Waals surface area contributed by atoms with Gasteiger partial charge in [-0.25, -0.2) is 4.39 Å². The molecule has 0 spiro atoms. The van der Waals surface area contributed by atoms with Gasteiger partial charge in [-0.15, -0.1) is 0 Å². The van der Waals surface area contributed by atoms with E-state index in [1.54, 1.807) is 12.1 Å². The minimum Gasteiger partial charge on any atom is -0.388 e. The summed E-state index contributed by atoms with van der Waals surface area (Å²) in [5, 5.41) is 9.98. The number of hydrogen-bond acceptors (Lipinski definition) is 1. The van der Waals surface area contributed by atoms with E-state index in [2.05, 4.69) is 0 Å². The Morgan fingerprint density at radius 2 is 2.00 bits per heavy atom. The zero-order valence-electron chi connectivity index (χ0n) is 8.12. The molecular weight excluding hydrogens is 179 g/mol. The van der Waals surface area contributed by atoms with Crippen molar-refractivity contribution >= 4 is 0 Å². The van der Waals surface area contributed by atoms with E-state index in [1.165, 1.54) is 25.0 Å². The van der Waals surface area contributed by atoms with Gasteiger partial charge in [0, 0.05) is 0 Å². The van der Waals surface area contributed by atoms with Crippen LogP contribution in [0.15, 0.2) is 24.3 Å². The fourth-order valence-electron chi connectivity index (χ4n) is 2.24. The van der Waals surface area contributed by atoms with Crippen LogP contribution in [0, 0.1) is 11.7 Å². The molecule has 1 aromatic carbocycles. The first-order valence-corrected chi connectivity index (χ1v) is 5.21. The van der Waals surface area contributed by atoms with Gasteiger partial charge in [-0.3, -0.25) is 0 Å². The van der Waals surface area contributed by atoms with Crippen LogP contribution in [0.2, 0.25) is 0 Å². The Balaban J connectivity index is 2.13. The van der Waals surface area contributed by atoms with E-state index in [-0.39, 0.29) is 5.82 Å². The molecule has 1 atom stereocenters. The van der Waals surface area contributed by atoms with Crippen molar-refractivity contribution in [2.24, 2.45) is 5.92 Å². The van der Waals surface area contributed by atoms with Crippen molar-refractivity contribution < 1.29 is 9.50 Å². The topological polar surface area (TPSA) is 20.2 Å². The molecule has 14 heavy (non-hydrogen) atoms. The van der Waals surface area contributed by atoms with E-state index in [0.29, 0.717) is 5.92 Å². The molecule has 2 heteroatoms. The molecule has 1 N–H and O–H groups in total. The molecule has 0 aliphatic heterocycles. The van der Waals surface area contributed by atoms with Crippen LogP contribution in [0.3, 0.4) is 0 Å². The lowest BCUT2D eigenvalue weighted by Gasteiger charge is -2.17. The second-order valence-corrected chi connectivity index (χ2v) is 4.04. The normalized spacial score (nSPS) is 19.9. The maximum absolute atomic E-state index is 12.9. The fourth-order valence-corrected chi connectivity index (χ4v) is 2.24. The van der Waals surface area contributed by atoms with Crippen molar-refractivity contribution in [3.05, 3.63) is 35.6 Å². The van der Waals surface area contributed by atoms with Gasteiger partial charge in [-0.05, 0) is 36.5 Å². The number of halogens is 1. The van der Waals surface area contributed by atoms with E-state index in [9.17, 15) is 9.50 Å². The number of hydrogen-bond donors (Lipinski definition) is 1. The van der Waals surface area contributed by atoms with Gasteiger partial charge in [0.2, 0.25) is 0 Å². The van der Waals surface area contributed by atoms with Crippen molar-refractivity contribution in [3.63, 3.8) is 0 Å². The Bertz CT molecular complexity index is 305. The number of aliphatic hydroxyl groups is 1. The van der Waals surface area contributed by atoms with E-state index >= 15 is 0 Å². The smallest absolute Gasteiger partial charge is 0.123 e. The summed E-state index contributed by atoms with van der Waals surface area (Å²) >= 11 is 0. The van der Waals surface area contributed by atoms with Gasteiger partial charge in [-0.1, -0.05) is 25.0 Å². The Labute approximate surface area is 83.6 Å². The molecule has 0 saturated heterocycles. The van der Waals surface area contributed by atoms with Crippen molar-refractivity contribution in [2.75, 3.05) is 0 Å². The third-order valence-corrected chi connectivity index (χ3v) is 3.04. The molecule has 1 nitrogen and oxygen atoms in total. The second-order valence-electron chi connectivity index (χ2n) is 4.04. The first-order chi connectivity index (χ1) is 6.77. The zero-order valence-corrected chi connectivity index (χ0v) is 8.12. The molecule has 0 heterocycles. The molecule has 0 amide bonds. The monoisotopic (exact) mass is 194 g/mol. The summed E-state index contributed by atoms with van der Waals surface area (Å²) in [5.74, 6) is 0.0661. The Morgan fingerprint density at radius 1 is 1.29 bits per heavy atom. The average molecular weight is 194 g/mol. The SMILES string of the molecule is OC(c1cccc(F)c1)C1CCCC1. The van der Waals surface area contributed by atoms with Gasteiger partial charge in [0.15, 0.2) is 0 Å². The van der Waals surface area contributed by atoms with Crippen LogP contribution in [-0.2, 0) is 0 Å². The summed E-state index contributed by atoms with van der Waals surface area (Å²) < 4.78 is 12.9. The van der Waals surface area contributed by atoms with Crippen LogP contribution in [0.5, 0.6) is 0 Å². The predicted octanol–water partition coefficient (Wildman–Crippen LogP) is 3.05. The van der Waals surface area contributed by atoms with Crippen LogP contribution < -0.4 is 0 Å². The van der Waals surface area contributed by atoms with Crippen LogP contribution in [0.1, 0.15) is 37.4 Å². The minimum atomic E-state index is -0.479. The molecule has 1 aliphatic rings. The largest absolute Gasteiger partial charge is 0.388 e. The highest BCUT2D eigenvalue weighted by molar-refractivity contribution is 5.19. The van der Waals surface area contributed by atoms with E-state index in [1.807, 2.05) is 0 Å². The van der Waals surface area contributed by atoms with E-state index in [4.69, 9.17) is 0 Å². The highest BCUT2D eigenvalue weighted by Crippen LogP contribution is 2.35. The molecule has 1 aromatic rings. The molecule has 0 bridgehead atoms. The number of aliphatic hydroxyl groups excluding tert-OH is 1. The maximum atomic E-state index is 12.9. The lowest BCUT2D eigenvalue weighted by molar-refractivity contribution is 0.111. The molecule has 0 aromatic heterocycles. The summed E-state index contributed by atoms with van der Waals surface area (Å²) in [5.41, 5.74) is 0.719. The van der Waals surface area contributed by atoms with Crippen molar-refractivity contribution in [3.8, 4) is 0 Å². The van der Waals surface area contributed by atoms with Crippen LogP contribution in [0.4, 0.5) is 4.39 Å². The first kappa shape index (κ1) is 9.66. The quantitative estimate of drug-likeness (QED) is 0.767. The highest BCUT2D eigenvalue weighted by Gasteiger charge is 2.24. The van der Waals surface area contributed by atoms with Gasteiger partial charge in [-0.2, -0.15) is 0 Å². The van der Waals surface area contributed by atoms with Gasteiger partial charge in [0.25, 0.3) is 0 Å². The maximum Gasteiger partial charge on any atom is 0.123 e. The average Bonchev–Trinajstić information content (AvgIpc) is 2.69. The van der Waals surface area contributed by atoms with Crippen LogP contribution >= 0.6 is 0 Å². The molecule has 2 rings (SSSR count). The predicted molar refractivity (Wildman–Crippen MR) is 53.3 cm³/mol. The highest BCUT2D eigenvalue weighted by atomic mass is 19.1. The fraction of sp³-hybridized carbons (Fsp3) is 0.500. The molecule has 1 fully saturated rings. The summed E-state index contributed by atoms with van der Waals surface area (Å²) in [6.07, 6.45) is 4.04. The van der Waals surface area contributed by atoms with Gasteiger partial charge >= 0.3 is 0 Å². The Kier molecular flexibility index (Phi) is 2.82. The lowest BCUT2D eigenvalue weighted by atomic mass is 9.94. The van der Waals surface area contributed by atoms with E-state index in [0.717, 1.165) is 18.4 Å². The molecule has 0 radical (unpaired) electrons. The first-order valence-electron chi connectivity index (χ1n) is 5.21. The van der Waals surface area contributed by atoms with Gasteiger partial charge in [0.1, 0.15) is 5.82 Å². The van der Waals surface area contributed by atoms with Crippen molar-refractivity contribution in [1.29, 1.82) is 0 Å². The number of rotatable bonds is 2. The van der Waals surface area contributed by atoms with Crippen LogP contribution in [0.25, 0.3) is 0 Å². The third-order valence-electron chi connectivity index (χ3n) is 3.04. The Morgan fingerprint density at radius 3 is 2.64 bits per heavy atom. The number of benzene rings is 1. The molecule has 1 aliphatic carbocycles. The van der Waals surface area contributed by atoms with Gasteiger partial charge < -0.3 is 5.11 Å². The molecule has 1 unspecified atom stereocenters. The standard InChI is InChI=1S/C12H15FO/c13-11-7-3-6-10(8-11)12(14)9-4-1-2-5-9/h3,6-9,12,14H,1-2,4-5H2. The zero-order chi connectivity index (χ0) is 9.97. The van der Waals surface area contributed by atoms with Gasteiger partial charge in [0.05, 0.1) is 6.10 Å². The van der Waals surface area contributed by atoms with Crippen molar-refractivity contribution in [1.82, 2.24) is 0 Å². The minimum absolute atomic E-state index is 0.264. The summed E-state index contributed by atoms with van der Waals surface area (Å²) in [7, 11) is 0. The third kappa shape index (κ3) is 1.95. The van der Waals surface area contributed by atoms with Crippen LogP contribution in [-0.4, -0.2) is 5.11 Å². The molecular formula is C12H15FO. The summed E-state index contributed by atoms with van der Waals surface area (Å²) in [6, 6.07) is 6.29. The molecule has 1 saturated carbocycles. The van der Waals surface area contributed by atoms with E-state index < -0.39 is 6.10 Å². The second kappa shape index (κ2) is 4.09. The lowest BCUT2D eigenvalue weighted by Crippen LogP contribution is -2.08. The summed E-state index contributed by atoms with van der Waals surface area (Å²) in [6.45, 7) is 0.